The second-order valence-electron chi connectivity index (χ2n) is 8.97. The predicted molar refractivity (Wildman–Crippen MR) is 128 cm³/mol. The number of nitrogens with zero attached hydrogens (tertiary/aromatic N) is 3. The van der Waals surface area contributed by atoms with E-state index >= 15 is 0 Å². The van der Waals surface area contributed by atoms with Gasteiger partial charge < -0.3 is 25.0 Å². The molecular weight excluding hydrogens is 526 g/mol. The number of piperazine rings is 1. The van der Waals surface area contributed by atoms with Gasteiger partial charge in [-0.1, -0.05) is 0 Å². The van der Waals surface area contributed by atoms with Gasteiger partial charge in [-0.2, -0.15) is 8.78 Å². The van der Waals surface area contributed by atoms with Gasteiger partial charge in [0.25, 0.3) is 0 Å². The summed E-state index contributed by atoms with van der Waals surface area (Å²) in [5.41, 5.74) is 1.69. The van der Waals surface area contributed by atoms with Crippen LogP contribution in [-0.2, 0) is 20.9 Å². The molecule has 14 heteroatoms. The smallest absolute Gasteiger partial charge is 0.240 e. The minimum absolute atomic E-state index is 0.00521. The fourth-order valence-corrected chi connectivity index (χ4v) is 4.17. The van der Waals surface area contributed by atoms with Crippen LogP contribution in [0.15, 0.2) is 30.6 Å². The molecule has 2 amide bonds. The number of Topliss-reactive ketones (excluding diaryl/α,β-unsaturated/α-hetero) is 1. The highest BCUT2D eigenvalue weighted by Gasteiger charge is 2.28. The third-order valence-corrected chi connectivity index (χ3v) is 6.17. The number of nitrogens with one attached hydrogen (secondary N) is 2. The van der Waals surface area contributed by atoms with Gasteiger partial charge in [-0.15, -0.1) is 0 Å². The zero-order valence-corrected chi connectivity index (χ0v) is 20.6. The van der Waals surface area contributed by atoms with Crippen LogP contribution in [0.4, 0.5) is 17.6 Å². The summed E-state index contributed by atoms with van der Waals surface area (Å²) in [4.78, 5) is 48.3. The summed E-state index contributed by atoms with van der Waals surface area (Å²) in [6, 6.07) is 2.53. The molecule has 208 valence electrons. The molecule has 0 spiro atoms. The number of fused-ring (bicyclic) bond motifs is 1. The van der Waals surface area contributed by atoms with E-state index in [0.717, 1.165) is 16.6 Å². The number of hydrogen-bond donors (Lipinski definition) is 3. The van der Waals surface area contributed by atoms with Crippen molar-refractivity contribution in [2.45, 2.75) is 19.0 Å². The first-order chi connectivity index (χ1) is 18.7. The molecular formula is C25H25F4N5O5. The number of aromatic amines is 1. The lowest BCUT2D eigenvalue weighted by Crippen LogP contribution is -2.54. The molecule has 3 N–H and O–H groups in total. The molecule has 0 aliphatic carbocycles. The number of H-pyrrole nitrogens is 1. The number of halogens is 4. The van der Waals surface area contributed by atoms with Gasteiger partial charge in [0, 0.05) is 50.1 Å². The Kier molecular flexibility index (Phi) is 8.76. The van der Waals surface area contributed by atoms with Crippen molar-refractivity contribution in [3.8, 4) is 5.75 Å². The summed E-state index contributed by atoms with van der Waals surface area (Å²) >= 11 is 0. The van der Waals surface area contributed by atoms with Gasteiger partial charge >= 0.3 is 0 Å². The van der Waals surface area contributed by atoms with Crippen LogP contribution in [0, 0.1) is 23.3 Å². The van der Waals surface area contributed by atoms with E-state index in [1.807, 2.05) is 17.0 Å². The SMILES string of the molecule is O=C(CN1CCN(Cc2cnc3[nH]ccc3c2)CC1=O)N[C@@H](CCO)C(=O)COc1c(F)c(F)cc(F)c1F. The van der Waals surface area contributed by atoms with Crippen molar-refractivity contribution in [3.05, 3.63) is 59.4 Å². The quantitative estimate of drug-likeness (QED) is 0.242. The molecule has 4 rings (SSSR count). The van der Waals surface area contributed by atoms with Crippen molar-refractivity contribution in [3.63, 3.8) is 0 Å². The number of ketones is 1. The fraction of sp³-hybridized carbons (Fsp3) is 0.360. The van der Waals surface area contributed by atoms with Crippen molar-refractivity contribution in [1.29, 1.82) is 0 Å². The van der Waals surface area contributed by atoms with Crippen molar-refractivity contribution in [2.75, 3.05) is 39.4 Å². The van der Waals surface area contributed by atoms with E-state index in [9.17, 15) is 37.1 Å². The van der Waals surface area contributed by atoms with Crippen LogP contribution >= 0.6 is 0 Å². The maximum atomic E-state index is 13.8. The van der Waals surface area contributed by atoms with Gasteiger partial charge in [-0.3, -0.25) is 19.3 Å². The number of rotatable bonds is 11. The number of benzene rings is 1. The molecule has 0 unspecified atom stereocenters. The molecule has 1 aliphatic rings. The van der Waals surface area contributed by atoms with Crippen LogP contribution in [-0.4, -0.2) is 87.9 Å². The van der Waals surface area contributed by atoms with Crippen LogP contribution in [0.2, 0.25) is 0 Å². The maximum Gasteiger partial charge on any atom is 0.240 e. The molecule has 3 aromatic rings. The van der Waals surface area contributed by atoms with Crippen LogP contribution < -0.4 is 10.1 Å². The topological polar surface area (TPSA) is 128 Å². The van der Waals surface area contributed by atoms with Gasteiger partial charge in [-0.25, -0.2) is 13.8 Å². The Morgan fingerprint density at radius 3 is 2.59 bits per heavy atom. The Balaban J connectivity index is 1.28. The third kappa shape index (κ3) is 6.70. The Morgan fingerprint density at radius 1 is 1.15 bits per heavy atom. The van der Waals surface area contributed by atoms with Crippen LogP contribution in [0.25, 0.3) is 11.0 Å². The molecule has 3 heterocycles. The van der Waals surface area contributed by atoms with E-state index in [2.05, 4.69) is 20.0 Å². The molecule has 0 radical (unpaired) electrons. The van der Waals surface area contributed by atoms with E-state index in [4.69, 9.17) is 0 Å². The van der Waals surface area contributed by atoms with Gasteiger partial charge in [0.1, 0.15) is 12.3 Å². The summed E-state index contributed by atoms with van der Waals surface area (Å²) in [7, 11) is 0. The summed E-state index contributed by atoms with van der Waals surface area (Å²) in [5, 5.41) is 12.6. The number of amides is 2. The standard InChI is InChI=1S/C25H25F4N5O5/c26-16-8-17(27)23(29)24(22(16)28)39-13-19(36)18(2-6-35)32-20(37)11-34-5-4-33(12-21(34)38)10-14-7-15-1-3-30-25(15)31-9-14/h1,3,7-9,18,35H,2,4-6,10-13H2,(H,30,31)(H,32,37)/t18-/m0/s1. The first-order valence-electron chi connectivity index (χ1n) is 12.0. The number of carbonyl (C=O) groups is 3. The number of pyridine rings is 1. The number of aliphatic hydroxyl groups excluding tert-OH is 1. The Labute approximate surface area is 219 Å². The zero-order chi connectivity index (χ0) is 28.1. The molecule has 1 aromatic carbocycles. The lowest BCUT2D eigenvalue weighted by molar-refractivity contribution is -0.141. The Morgan fingerprint density at radius 2 is 1.90 bits per heavy atom. The number of aliphatic hydroxyl groups is 1. The number of carbonyl (C=O) groups excluding carboxylic acids is 3. The van der Waals surface area contributed by atoms with Crippen LogP contribution in [0.1, 0.15) is 12.0 Å². The van der Waals surface area contributed by atoms with E-state index < -0.39 is 60.0 Å². The van der Waals surface area contributed by atoms with E-state index in [1.165, 1.54) is 4.90 Å². The first-order valence-corrected chi connectivity index (χ1v) is 12.0. The van der Waals surface area contributed by atoms with E-state index in [1.54, 1.807) is 12.4 Å². The summed E-state index contributed by atoms with van der Waals surface area (Å²) in [6.45, 7) is -0.651. The first kappa shape index (κ1) is 28.0. The average Bonchev–Trinajstić information content (AvgIpc) is 3.37. The van der Waals surface area contributed by atoms with Crippen LogP contribution in [0.3, 0.4) is 0 Å². The highest BCUT2D eigenvalue weighted by Crippen LogP contribution is 2.26. The van der Waals surface area contributed by atoms with Gasteiger partial charge in [0.05, 0.1) is 19.1 Å². The van der Waals surface area contributed by atoms with Crippen molar-refractivity contribution >= 4 is 28.6 Å². The van der Waals surface area contributed by atoms with Gasteiger partial charge in [-0.05, 0) is 24.1 Å². The second kappa shape index (κ2) is 12.2. The average molecular weight is 551 g/mol. The molecule has 1 saturated heterocycles. The largest absolute Gasteiger partial charge is 0.479 e. The minimum atomic E-state index is -1.82. The van der Waals surface area contributed by atoms with Crippen molar-refractivity contribution in [1.82, 2.24) is 25.1 Å². The van der Waals surface area contributed by atoms with Crippen molar-refractivity contribution < 1.29 is 41.8 Å². The van der Waals surface area contributed by atoms with E-state index in [-0.39, 0.29) is 38.0 Å². The third-order valence-electron chi connectivity index (χ3n) is 6.17. The number of ether oxygens (including phenoxy) is 1. The summed E-state index contributed by atoms with van der Waals surface area (Å²) in [6.07, 6.45) is 3.24. The van der Waals surface area contributed by atoms with Crippen molar-refractivity contribution in [2.24, 2.45) is 0 Å². The molecule has 1 atom stereocenters. The normalized spacial score (nSPS) is 15.0. The molecule has 1 fully saturated rings. The summed E-state index contributed by atoms with van der Waals surface area (Å²) < 4.78 is 58.9. The monoisotopic (exact) mass is 551 g/mol. The maximum absolute atomic E-state index is 13.8. The highest BCUT2D eigenvalue weighted by atomic mass is 19.2. The van der Waals surface area contributed by atoms with Gasteiger partial charge in [0.15, 0.2) is 23.2 Å². The van der Waals surface area contributed by atoms with Gasteiger partial charge in [0.2, 0.25) is 23.4 Å². The molecule has 1 aliphatic heterocycles. The molecule has 0 bridgehead atoms. The second-order valence-corrected chi connectivity index (χ2v) is 8.97. The summed E-state index contributed by atoms with van der Waals surface area (Å²) in [5.74, 6) is -10.4. The minimum Gasteiger partial charge on any atom is -0.479 e. The molecule has 0 saturated carbocycles. The van der Waals surface area contributed by atoms with E-state index in [0.29, 0.717) is 13.1 Å². The number of hydrogen-bond acceptors (Lipinski definition) is 7. The number of aromatic nitrogens is 2. The fourth-order valence-electron chi connectivity index (χ4n) is 4.17. The highest BCUT2D eigenvalue weighted by molar-refractivity contribution is 5.92. The predicted octanol–water partition coefficient (Wildman–Crippen LogP) is 1.28. The Hall–Kier alpha value is -4.04. The molecule has 39 heavy (non-hydrogen) atoms. The molecule has 10 nitrogen and oxygen atoms in total. The lowest BCUT2D eigenvalue weighted by atomic mass is 10.1. The molecule has 2 aromatic heterocycles. The van der Waals surface area contributed by atoms with Crippen LogP contribution in [0.5, 0.6) is 5.75 Å². The lowest BCUT2D eigenvalue weighted by Gasteiger charge is -2.34. The Bertz CT molecular complexity index is 1360. The zero-order valence-electron chi connectivity index (χ0n) is 20.6.